The summed E-state index contributed by atoms with van der Waals surface area (Å²) in [4.78, 5) is 40.2. The molecule has 19 heavy (non-hydrogen) atoms. The Bertz CT molecular complexity index is 251. The van der Waals surface area contributed by atoms with E-state index in [2.05, 4.69) is 20.7 Å². The zero-order chi connectivity index (χ0) is 14.3. The quantitative estimate of drug-likeness (QED) is 0.345. The summed E-state index contributed by atoms with van der Waals surface area (Å²) >= 11 is 0. The molecule has 0 aliphatic carbocycles. The monoisotopic (exact) mass is 276 g/mol. The van der Waals surface area contributed by atoms with E-state index < -0.39 is 12.1 Å². The second kappa shape index (κ2) is 12.8. The summed E-state index contributed by atoms with van der Waals surface area (Å²) in [6.07, 6.45) is 0.528. The first-order valence-electron chi connectivity index (χ1n) is 5.67. The number of ether oxygens (including phenoxy) is 2. The molecule has 108 valence electrons. The van der Waals surface area contributed by atoms with Crippen molar-refractivity contribution < 1.29 is 9.47 Å². The normalized spacial score (nSPS) is 13.5. The van der Waals surface area contributed by atoms with E-state index >= 15 is 0 Å². The fraction of sp³-hybridized carbons (Fsp3) is 1.00. The molecule has 0 aromatic heterocycles. The minimum atomic E-state index is -0.763. The summed E-state index contributed by atoms with van der Waals surface area (Å²) in [5.74, 6) is 0. The van der Waals surface area contributed by atoms with E-state index in [0.29, 0.717) is 19.6 Å². The first kappa shape index (κ1) is 17.3. The Kier molecular flexibility index (Phi) is 11.6. The van der Waals surface area contributed by atoms with Crippen molar-refractivity contribution in [3.8, 4) is 0 Å². The molecular formula is C9H16N4O6. The number of nitrogens with zero attached hydrogens (tertiary/aromatic N) is 4. The van der Waals surface area contributed by atoms with Gasteiger partial charge >= 0.3 is 0 Å². The summed E-state index contributed by atoms with van der Waals surface area (Å²) in [6.45, 7) is 0.286. The molecule has 0 aliphatic rings. The van der Waals surface area contributed by atoms with Gasteiger partial charge in [-0.2, -0.15) is 19.6 Å². The Balaban J connectivity index is 3.44. The number of rotatable bonds is 14. The van der Waals surface area contributed by atoms with E-state index in [0.717, 1.165) is 0 Å². The van der Waals surface area contributed by atoms with Crippen molar-refractivity contribution in [3.63, 3.8) is 0 Å². The second-order valence-electron chi connectivity index (χ2n) is 3.65. The van der Waals surface area contributed by atoms with Crippen molar-refractivity contribution in [1.29, 1.82) is 0 Å². The third kappa shape index (κ3) is 9.97. The van der Waals surface area contributed by atoms with Gasteiger partial charge in [-0.1, -0.05) is 20.7 Å². The minimum Gasteiger partial charge on any atom is -0.379 e. The van der Waals surface area contributed by atoms with Crippen molar-refractivity contribution in [2.24, 2.45) is 20.7 Å². The van der Waals surface area contributed by atoms with Crippen LogP contribution in [0.25, 0.3) is 0 Å². The van der Waals surface area contributed by atoms with Crippen molar-refractivity contribution in [2.75, 3.05) is 39.5 Å². The predicted octanol–water partition coefficient (Wildman–Crippen LogP) is 1.21. The number of hydrogen-bond donors (Lipinski definition) is 0. The molecule has 10 heteroatoms. The van der Waals surface area contributed by atoms with Crippen LogP contribution in [0.1, 0.15) is 6.42 Å². The van der Waals surface area contributed by atoms with Gasteiger partial charge in [0.25, 0.3) is 0 Å². The Morgan fingerprint density at radius 2 is 1.16 bits per heavy atom. The zero-order valence-corrected chi connectivity index (χ0v) is 10.3. The molecule has 2 unspecified atom stereocenters. The fourth-order valence-electron chi connectivity index (χ4n) is 1.11. The molecular weight excluding hydrogens is 260 g/mol. The highest BCUT2D eigenvalue weighted by Crippen LogP contribution is 1.96. The molecule has 10 nitrogen and oxygen atoms in total. The van der Waals surface area contributed by atoms with Crippen LogP contribution in [0.2, 0.25) is 0 Å². The van der Waals surface area contributed by atoms with Gasteiger partial charge in [-0.25, -0.2) is 0 Å². The van der Waals surface area contributed by atoms with E-state index in [1.807, 2.05) is 0 Å². The molecule has 0 bridgehead atoms. The Morgan fingerprint density at radius 3 is 1.47 bits per heavy atom. The average molecular weight is 276 g/mol. The van der Waals surface area contributed by atoms with Gasteiger partial charge in [0.2, 0.25) is 0 Å². The van der Waals surface area contributed by atoms with Crippen molar-refractivity contribution >= 4 is 0 Å². The first-order valence-corrected chi connectivity index (χ1v) is 5.67. The molecule has 0 spiro atoms. The van der Waals surface area contributed by atoms with Crippen molar-refractivity contribution in [3.05, 3.63) is 19.6 Å². The largest absolute Gasteiger partial charge is 0.379 e. The molecule has 0 fully saturated rings. The van der Waals surface area contributed by atoms with Gasteiger partial charge in [-0.05, 0) is 6.42 Å². The number of nitroso groups, excluding NO2 is 4. The first-order chi connectivity index (χ1) is 9.28. The van der Waals surface area contributed by atoms with Gasteiger partial charge < -0.3 is 9.47 Å². The van der Waals surface area contributed by atoms with Crippen LogP contribution in [0, 0.1) is 19.6 Å². The summed E-state index contributed by atoms with van der Waals surface area (Å²) in [6, 6.07) is -1.53. The molecule has 0 saturated heterocycles. The molecule has 0 amide bonds. The molecule has 0 radical (unpaired) electrons. The summed E-state index contributed by atoms with van der Waals surface area (Å²) in [7, 11) is 0. The van der Waals surface area contributed by atoms with E-state index in [-0.39, 0.29) is 26.3 Å². The average Bonchev–Trinajstić information content (AvgIpc) is 2.43. The maximum atomic E-state index is 10.2. The maximum absolute atomic E-state index is 10.2. The molecule has 0 rings (SSSR count). The van der Waals surface area contributed by atoms with Crippen LogP contribution in [0.3, 0.4) is 0 Å². The van der Waals surface area contributed by atoms with Crippen molar-refractivity contribution in [1.82, 2.24) is 0 Å². The van der Waals surface area contributed by atoms with Crippen LogP contribution in [-0.4, -0.2) is 51.6 Å². The van der Waals surface area contributed by atoms with Crippen LogP contribution in [0.4, 0.5) is 0 Å². The van der Waals surface area contributed by atoms with Gasteiger partial charge in [0.1, 0.15) is 25.2 Å². The summed E-state index contributed by atoms with van der Waals surface area (Å²) < 4.78 is 10.2. The van der Waals surface area contributed by atoms with Crippen molar-refractivity contribution in [2.45, 2.75) is 18.5 Å². The summed E-state index contributed by atoms with van der Waals surface area (Å²) in [5, 5.41) is 10.5. The lowest BCUT2D eigenvalue weighted by atomic mass is 10.3. The SMILES string of the molecule is O=NCC(COCCCOCC(CN=O)N=O)N=O. The lowest BCUT2D eigenvalue weighted by molar-refractivity contribution is 0.0736. The maximum Gasteiger partial charge on any atom is 0.138 e. The Hall–Kier alpha value is -1.68. The topological polar surface area (TPSA) is 136 Å². The van der Waals surface area contributed by atoms with Gasteiger partial charge in [0.15, 0.2) is 0 Å². The van der Waals surface area contributed by atoms with Crippen LogP contribution in [-0.2, 0) is 9.47 Å². The van der Waals surface area contributed by atoms with Gasteiger partial charge in [-0.3, -0.25) is 0 Å². The second-order valence-corrected chi connectivity index (χ2v) is 3.65. The third-order valence-electron chi connectivity index (χ3n) is 2.07. The highest BCUT2D eigenvalue weighted by atomic mass is 16.5. The lowest BCUT2D eigenvalue weighted by Gasteiger charge is -2.08. The zero-order valence-electron chi connectivity index (χ0n) is 10.3. The highest BCUT2D eigenvalue weighted by molar-refractivity contribution is 4.67. The van der Waals surface area contributed by atoms with Crippen LogP contribution >= 0.6 is 0 Å². The molecule has 0 heterocycles. The molecule has 0 saturated carbocycles. The smallest absolute Gasteiger partial charge is 0.138 e. The molecule has 2 atom stereocenters. The Labute approximate surface area is 109 Å². The van der Waals surface area contributed by atoms with E-state index in [1.54, 1.807) is 0 Å². The predicted molar refractivity (Wildman–Crippen MR) is 66.7 cm³/mol. The Morgan fingerprint density at radius 1 is 0.737 bits per heavy atom. The highest BCUT2D eigenvalue weighted by Gasteiger charge is 2.10. The number of hydrogen-bond acceptors (Lipinski definition) is 10. The minimum absolute atomic E-state index is 0.0306. The van der Waals surface area contributed by atoms with Gasteiger partial charge in [-0.15, -0.1) is 0 Å². The molecule has 0 aliphatic heterocycles. The van der Waals surface area contributed by atoms with E-state index in [4.69, 9.17) is 9.47 Å². The molecule has 0 aromatic carbocycles. The molecule has 0 aromatic rings. The van der Waals surface area contributed by atoms with Crippen LogP contribution in [0.5, 0.6) is 0 Å². The van der Waals surface area contributed by atoms with E-state index in [9.17, 15) is 19.6 Å². The van der Waals surface area contributed by atoms with Crippen LogP contribution in [0.15, 0.2) is 20.7 Å². The van der Waals surface area contributed by atoms with Gasteiger partial charge in [0, 0.05) is 13.2 Å². The van der Waals surface area contributed by atoms with E-state index in [1.165, 1.54) is 0 Å². The van der Waals surface area contributed by atoms with Gasteiger partial charge in [0.05, 0.1) is 13.2 Å². The standard InChI is InChI=1S/C9H16N4O6/c14-10-4-8(12-16)6-18-2-1-3-19-7-9(13-17)5-11-15/h8-9H,1-7H2. The summed E-state index contributed by atoms with van der Waals surface area (Å²) in [5.41, 5.74) is 0. The van der Waals surface area contributed by atoms with Crippen LogP contribution < -0.4 is 0 Å². The lowest BCUT2D eigenvalue weighted by Crippen LogP contribution is -2.19. The third-order valence-corrected chi connectivity index (χ3v) is 2.07. The fourth-order valence-corrected chi connectivity index (χ4v) is 1.11. The molecule has 0 N–H and O–H groups in total.